The molecule has 2 aromatic rings. The summed E-state index contributed by atoms with van der Waals surface area (Å²) in [6, 6.07) is 13.5. The molecule has 2 N–H and O–H groups in total. The van der Waals surface area contributed by atoms with Crippen molar-refractivity contribution in [3.05, 3.63) is 64.1 Å². The van der Waals surface area contributed by atoms with Crippen LogP contribution in [0.5, 0.6) is 0 Å². The summed E-state index contributed by atoms with van der Waals surface area (Å²) >= 11 is 3.30. The first-order valence-corrected chi connectivity index (χ1v) is 6.72. The van der Waals surface area contributed by atoms with Crippen LogP contribution in [0.3, 0.4) is 0 Å². The molecule has 2 aromatic carbocycles. The van der Waals surface area contributed by atoms with Crippen molar-refractivity contribution in [2.75, 3.05) is 11.9 Å². The quantitative estimate of drug-likeness (QED) is 0.822. The number of para-hydroxylation sites is 1. The molecular weight excluding hydrogens is 322 g/mol. The second-order valence-electron chi connectivity index (χ2n) is 4.13. The summed E-state index contributed by atoms with van der Waals surface area (Å²) in [7, 11) is 0. The van der Waals surface area contributed by atoms with Crippen molar-refractivity contribution in [2.45, 2.75) is 0 Å². The van der Waals surface area contributed by atoms with Crippen molar-refractivity contribution in [2.24, 2.45) is 0 Å². The first-order chi connectivity index (χ1) is 9.58. The van der Waals surface area contributed by atoms with Crippen LogP contribution >= 0.6 is 15.9 Å². The summed E-state index contributed by atoms with van der Waals surface area (Å²) in [5, 5.41) is 11.9. The van der Waals surface area contributed by atoms with Crippen molar-refractivity contribution >= 4 is 33.4 Å². The van der Waals surface area contributed by atoms with Crippen LogP contribution < -0.4 is 5.32 Å². The Labute approximate surface area is 124 Å². The van der Waals surface area contributed by atoms with Gasteiger partial charge in [-0.2, -0.15) is 0 Å². The Morgan fingerprint density at radius 3 is 2.35 bits per heavy atom. The van der Waals surface area contributed by atoms with E-state index in [-0.39, 0.29) is 17.9 Å². The smallest absolute Gasteiger partial charge is 0.337 e. The Morgan fingerprint density at radius 1 is 1.05 bits per heavy atom. The molecule has 102 valence electrons. The molecule has 0 saturated carbocycles. The molecule has 0 bridgehead atoms. The van der Waals surface area contributed by atoms with Gasteiger partial charge in [-0.25, -0.2) is 4.79 Å². The molecular formula is C15H12BrNO3. The molecule has 0 heterocycles. The highest BCUT2D eigenvalue weighted by atomic mass is 79.9. The van der Waals surface area contributed by atoms with Gasteiger partial charge in [0.2, 0.25) is 0 Å². The van der Waals surface area contributed by atoms with Crippen LogP contribution in [-0.2, 0) is 0 Å². The molecule has 0 atom stereocenters. The number of Topliss-reactive ketones (excluding diaryl/α,β-unsaturated/α-hetero) is 1. The fraction of sp³-hybridized carbons (Fsp3) is 0.0667. The summed E-state index contributed by atoms with van der Waals surface area (Å²) in [6.45, 7) is 0.0475. The third-order valence-electron chi connectivity index (χ3n) is 2.76. The minimum Gasteiger partial charge on any atom is -0.478 e. The average molecular weight is 334 g/mol. The van der Waals surface area contributed by atoms with Crippen LogP contribution in [-0.4, -0.2) is 23.4 Å². The Kier molecular flexibility index (Phi) is 4.53. The van der Waals surface area contributed by atoms with Crippen molar-refractivity contribution < 1.29 is 14.7 Å². The zero-order valence-corrected chi connectivity index (χ0v) is 12.1. The van der Waals surface area contributed by atoms with E-state index in [9.17, 15) is 9.59 Å². The van der Waals surface area contributed by atoms with E-state index < -0.39 is 5.97 Å². The summed E-state index contributed by atoms with van der Waals surface area (Å²) < 4.78 is 0.901. The second kappa shape index (κ2) is 6.34. The lowest BCUT2D eigenvalue weighted by Gasteiger charge is -2.08. The van der Waals surface area contributed by atoms with Gasteiger partial charge in [-0.1, -0.05) is 40.2 Å². The van der Waals surface area contributed by atoms with Crippen LogP contribution in [0.2, 0.25) is 0 Å². The molecule has 2 rings (SSSR count). The fourth-order valence-corrected chi connectivity index (χ4v) is 2.00. The highest BCUT2D eigenvalue weighted by Gasteiger charge is 2.10. The Morgan fingerprint density at radius 2 is 1.70 bits per heavy atom. The number of ketones is 1. The van der Waals surface area contributed by atoms with E-state index in [0.29, 0.717) is 11.3 Å². The Balaban J connectivity index is 2.07. The number of hydrogen-bond acceptors (Lipinski definition) is 3. The maximum Gasteiger partial charge on any atom is 0.337 e. The zero-order valence-electron chi connectivity index (χ0n) is 10.5. The van der Waals surface area contributed by atoms with Crippen LogP contribution in [0.4, 0.5) is 5.69 Å². The number of carbonyl (C=O) groups excluding carboxylic acids is 1. The fourth-order valence-electron chi connectivity index (χ4n) is 1.74. The first kappa shape index (κ1) is 14.3. The summed E-state index contributed by atoms with van der Waals surface area (Å²) in [6.07, 6.45) is 0. The Hall–Kier alpha value is -2.14. The summed E-state index contributed by atoms with van der Waals surface area (Å²) in [4.78, 5) is 23.0. The number of nitrogens with one attached hydrogen (secondary N) is 1. The highest BCUT2D eigenvalue weighted by molar-refractivity contribution is 9.10. The van der Waals surface area contributed by atoms with Gasteiger partial charge in [0.15, 0.2) is 5.78 Å². The number of carboxylic acids is 1. The van der Waals surface area contributed by atoms with Crippen LogP contribution in [0.1, 0.15) is 20.7 Å². The number of anilines is 1. The predicted molar refractivity (Wildman–Crippen MR) is 80.4 cm³/mol. The Bertz CT molecular complexity index is 638. The van der Waals surface area contributed by atoms with E-state index in [1.165, 1.54) is 6.07 Å². The van der Waals surface area contributed by atoms with Gasteiger partial charge in [0.25, 0.3) is 0 Å². The lowest BCUT2D eigenvalue weighted by molar-refractivity contribution is 0.0697. The van der Waals surface area contributed by atoms with E-state index in [1.54, 1.807) is 42.5 Å². The number of carbonyl (C=O) groups is 2. The lowest BCUT2D eigenvalue weighted by atomic mass is 10.1. The molecule has 0 unspecified atom stereocenters. The molecule has 0 spiro atoms. The molecule has 20 heavy (non-hydrogen) atoms. The molecule has 0 aliphatic rings. The average Bonchev–Trinajstić information content (AvgIpc) is 2.45. The zero-order chi connectivity index (χ0) is 14.5. The van der Waals surface area contributed by atoms with E-state index in [1.807, 2.05) is 0 Å². The van der Waals surface area contributed by atoms with E-state index in [0.717, 1.165) is 4.47 Å². The van der Waals surface area contributed by atoms with Crippen molar-refractivity contribution in [3.63, 3.8) is 0 Å². The third kappa shape index (κ3) is 3.45. The number of hydrogen-bond donors (Lipinski definition) is 2. The highest BCUT2D eigenvalue weighted by Crippen LogP contribution is 2.15. The number of carboxylic acid groups (broad SMARTS) is 1. The predicted octanol–water partition coefficient (Wildman–Crippen LogP) is 3.44. The van der Waals surface area contributed by atoms with Gasteiger partial charge in [-0.3, -0.25) is 4.79 Å². The molecule has 0 saturated heterocycles. The number of benzene rings is 2. The van der Waals surface area contributed by atoms with Gasteiger partial charge in [0.1, 0.15) is 0 Å². The largest absolute Gasteiger partial charge is 0.478 e. The normalized spacial score (nSPS) is 10.1. The lowest BCUT2D eigenvalue weighted by Crippen LogP contribution is -2.15. The molecule has 0 radical (unpaired) electrons. The molecule has 4 nitrogen and oxygen atoms in total. The van der Waals surface area contributed by atoms with E-state index >= 15 is 0 Å². The minimum absolute atomic E-state index is 0.0475. The van der Waals surface area contributed by atoms with Crippen molar-refractivity contribution in [1.29, 1.82) is 0 Å². The molecule has 0 aliphatic heterocycles. The standard InChI is InChI=1S/C15H12BrNO3/c16-11-7-5-10(6-8-11)14(18)9-17-13-4-2-1-3-12(13)15(19)20/h1-8,17H,9H2,(H,19,20). The summed E-state index contributed by atoms with van der Waals surface area (Å²) in [5.74, 6) is -1.12. The van der Waals surface area contributed by atoms with Gasteiger partial charge in [0, 0.05) is 15.7 Å². The number of halogens is 1. The van der Waals surface area contributed by atoms with Crippen molar-refractivity contribution in [3.8, 4) is 0 Å². The van der Waals surface area contributed by atoms with Gasteiger partial charge in [-0.15, -0.1) is 0 Å². The van der Waals surface area contributed by atoms with Gasteiger partial charge in [-0.05, 0) is 24.3 Å². The van der Waals surface area contributed by atoms with Crippen LogP contribution in [0.25, 0.3) is 0 Å². The monoisotopic (exact) mass is 333 g/mol. The second-order valence-corrected chi connectivity index (χ2v) is 5.05. The summed E-state index contributed by atoms with van der Waals surface area (Å²) in [5.41, 5.74) is 1.16. The van der Waals surface area contributed by atoms with Crippen LogP contribution in [0.15, 0.2) is 53.0 Å². The van der Waals surface area contributed by atoms with E-state index in [4.69, 9.17) is 5.11 Å². The molecule has 5 heteroatoms. The third-order valence-corrected chi connectivity index (χ3v) is 3.29. The molecule has 0 aromatic heterocycles. The maximum absolute atomic E-state index is 12.0. The number of rotatable bonds is 5. The SMILES string of the molecule is O=C(CNc1ccccc1C(=O)O)c1ccc(Br)cc1. The molecule has 0 fully saturated rings. The number of aromatic carboxylic acids is 1. The first-order valence-electron chi connectivity index (χ1n) is 5.93. The van der Waals surface area contributed by atoms with E-state index in [2.05, 4.69) is 21.2 Å². The maximum atomic E-state index is 12.0. The van der Waals surface area contributed by atoms with Gasteiger partial charge >= 0.3 is 5.97 Å². The van der Waals surface area contributed by atoms with Gasteiger partial charge < -0.3 is 10.4 Å². The van der Waals surface area contributed by atoms with Crippen LogP contribution in [0, 0.1) is 0 Å². The topological polar surface area (TPSA) is 66.4 Å². The van der Waals surface area contributed by atoms with Gasteiger partial charge in [0.05, 0.1) is 12.1 Å². The minimum atomic E-state index is -1.02. The molecule has 0 aliphatic carbocycles. The molecule has 0 amide bonds. The van der Waals surface area contributed by atoms with Crippen molar-refractivity contribution in [1.82, 2.24) is 0 Å².